The van der Waals surface area contributed by atoms with Gasteiger partial charge in [0, 0.05) is 11.8 Å². The zero-order chi connectivity index (χ0) is 13.1. The predicted octanol–water partition coefficient (Wildman–Crippen LogP) is 1.58. The molecule has 3 N–H and O–H groups in total. The monoisotopic (exact) mass is 250 g/mol. The number of nitrogens with two attached hydrogens (primary N) is 1. The van der Waals surface area contributed by atoms with Gasteiger partial charge in [-0.15, -0.1) is 0 Å². The molecule has 0 spiro atoms. The molecular weight excluding hydrogens is 237 g/mol. The van der Waals surface area contributed by atoms with Gasteiger partial charge in [-0.25, -0.2) is 4.98 Å². The third-order valence-corrected chi connectivity index (χ3v) is 1.99. The highest BCUT2D eigenvalue weighted by molar-refractivity contribution is 5.42. The van der Waals surface area contributed by atoms with Crippen LogP contribution in [-0.2, 0) is 4.74 Å². The lowest BCUT2D eigenvalue weighted by Crippen LogP contribution is -2.20. The van der Waals surface area contributed by atoms with Crippen LogP contribution in [0.2, 0.25) is 0 Å². The molecule has 0 fully saturated rings. The van der Waals surface area contributed by atoms with Crippen LogP contribution in [0.1, 0.15) is 17.2 Å². The van der Waals surface area contributed by atoms with E-state index in [9.17, 15) is 18.3 Å². The molecule has 17 heavy (non-hydrogen) atoms. The summed E-state index contributed by atoms with van der Waals surface area (Å²) in [4.78, 5) is 3.80. The van der Waals surface area contributed by atoms with Gasteiger partial charge in [0.15, 0.2) is 0 Å². The summed E-state index contributed by atoms with van der Waals surface area (Å²) in [5.41, 5.74) is 6.52. The fraction of sp³-hybridized carbons (Fsp3) is 0.500. The van der Waals surface area contributed by atoms with Crippen molar-refractivity contribution >= 4 is 5.82 Å². The minimum absolute atomic E-state index is 0.0821. The molecule has 0 saturated carbocycles. The Morgan fingerprint density at radius 2 is 2.18 bits per heavy atom. The number of ether oxygens (including phenoxy) is 1. The molecule has 1 unspecified atom stereocenters. The Balaban J connectivity index is 2.58. The third-order valence-electron chi connectivity index (χ3n) is 1.99. The lowest BCUT2D eigenvalue weighted by molar-refractivity contribution is -0.179. The van der Waals surface area contributed by atoms with Crippen LogP contribution in [0.4, 0.5) is 19.0 Å². The van der Waals surface area contributed by atoms with Crippen LogP contribution in [0.25, 0.3) is 0 Å². The molecule has 0 aliphatic heterocycles. The number of alkyl halides is 3. The summed E-state index contributed by atoms with van der Waals surface area (Å²) in [5, 5.41) is 9.61. The molecule has 0 aliphatic carbocycles. The largest absolute Gasteiger partial charge is 0.411 e. The number of aromatic nitrogens is 1. The van der Waals surface area contributed by atoms with E-state index in [4.69, 9.17) is 5.73 Å². The van der Waals surface area contributed by atoms with Gasteiger partial charge in [0.2, 0.25) is 0 Å². The summed E-state index contributed by atoms with van der Waals surface area (Å²) in [7, 11) is 0. The van der Waals surface area contributed by atoms with Gasteiger partial charge < -0.3 is 15.6 Å². The fourth-order valence-electron chi connectivity index (χ4n) is 1.25. The number of aryl methyl sites for hydroxylation is 1. The van der Waals surface area contributed by atoms with E-state index >= 15 is 0 Å². The van der Waals surface area contributed by atoms with E-state index in [1.807, 2.05) is 0 Å². The maximum Gasteiger partial charge on any atom is 0.411 e. The van der Waals surface area contributed by atoms with Crippen molar-refractivity contribution in [3.63, 3.8) is 0 Å². The van der Waals surface area contributed by atoms with Gasteiger partial charge in [0.25, 0.3) is 0 Å². The maximum absolute atomic E-state index is 11.8. The number of rotatable bonds is 4. The van der Waals surface area contributed by atoms with Crippen LogP contribution in [0, 0.1) is 6.92 Å². The molecule has 96 valence electrons. The standard InChI is InChI=1S/C10H13F3N2O2/c1-6-2-7(9(14)15-3-6)8(16)4-17-5-10(11,12)13/h2-3,8,16H,4-5H2,1H3,(H2,14,15). The first-order valence-electron chi connectivity index (χ1n) is 4.84. The van der Waals surface area contributed by atoms with Crippen LogP contribution >= 0.6 is 0 Å². The first-order valence-corrected chi connectivity index (χ1v) is 4.84. The molecule has 0 bridgehead atoms. The van der Waals surface area contributed by atoms with E-state index in [1.54, 1.807) is 13.0 Å². The van der Waals surface area contributed by atoms with Gasteiger partial charge in [-0.05, 0) is 18.6 Å². The topological polar surface area (TPSA) is 68.4 Å². The van der Waals surface area contributed by atoms with Crippen molar-refractivity contribution in [3.8, 4) is 0 Å². The average Bonchev–Trinajstić information content (AvgIpc) is 2.19. The van der Waals surface area contributed by atoms with Crippen LogP contribution in [0.3, 0.4) is 0 Å². The Morgan fingerprint density at radius 3 is 2.76 bits per heavy atom. The fourth-order valence-corrected chi connectivity index (χ4v) is 1.25. The average molecular weight is 250 g/mol. The van der Waals surface area contributed by atoms with Gasteiger partial charge in [0.05, 0.1) is 6.61 Å². The van der Waals surface area contributed by atoms with Crippen molar-refractivity contribution in [1.29, 1.82) is 0 Å². The molecule has 0 saturated heterocycles. The number of anilines is 1. The second kappa shape index (κ2) is 5.33. The Morgan fingerprint density at radius 1 is 1.53 bits per heavy atom. The second-order valence-corrected chi connectivity index (χ2v) is 3.63. The highest BCUT2D eigenvalue weighted by atomic mass is 19.4. The van der Waals surface area contributed by atoms with E-state index in [1.165, 1.54) is 6.20 Å². The van der Waals surface area contributed by atoms with E-state index in [0.717, 1.165) is 5.56 Å². The van der Waals surface area contributed by atoms with Gasteiger partial charge in [-0.3, -0.25) is 0 Å². The summed E-state index contributed by atoms with van der Waals surface area (Å²) >= 11 is 0. The zero-order valence-corrected chi connectivity index (χ0v) is 9.16. The number of nitrogens with zero attached hydrogens (tertiary/aromatic N) is 1. The third kappa shape index (κ3) is 4.58. The van der Waals surface area contributed by atoms with Crippen LogP contribution in [0.5, 0.6) is 0 Å². The Kier molecular flexibility index (Phi) is 4.30. The number of aliphatic hydroxyl groups excluding tert-OH is 1. The van der Waals surface area contributed by atoms with Crippen LogP contribution < -0.4 is 5.73 Å². The molecule has 0 aromatic carbocycles. The number of aliphatic hydroxyl groups is 1. The summed E-state index contributed by atoms with van der Waals surface area (Å²) in [6.45, 7) is -0.142. The van der Waals surface area contributed by atoms with Crippen molar-refractivity contribution in [2.24, 2.45) is 0 Å². The van der Waals surface area contributed by atoms with Crippen LogP contribution in [-0.4, -0.2) is 29.5 Å². The van der Waals surface area contributed by atoms with E-state index in [-0.39, 0.29) is 11.4 Å². The van der Waals surface area contributed by atoms with Crippen LogP contribution in [0.15, 0.2) is 12.3 Å². The van der Waals surface area contributed by atoms with Gasteiger partial charge >= 0.3 is 6.18 Å². The molecule has 1 aromatic rings. The zero-order valence-electron chi connectivity index (χ0n) is 9.16. The molecule has 1 heterocycles. The number of hydrogen-bond donors (Lipinski definition) is 2. The molecule has 0 amide bonds. The minimum atomic E-state index is -4.41. The normalized spacial score (nSPS) is 13.7. The maximum atomic E-state index is 11.8. The Hall–Kier alpha value is -1.34. The lowest BCUT2D eigenvalue weighted by atomic mass is 10.1. The van der Waals surface area contributed by atoms with Gasteiger partial charge in [-0.2, -0.15) is 13.2 Å². The van der Waals surface area contributed by atoms with E-state index in [2.05, 4.69) is 9.72 Å². The van der Waals surface area contributed by atoms with Crippen molar-refractivity contribution in [2.75, 3.05) is 18.9 Å². The molecule has 1 atom stereocenters. The Bertz CT molecular complexity index is 382. The second-order valence-electron chi connectivity index (χ2n) is 3.63. The number of pyridine rings is 1. The van der Waals surface area contributed by atoms with Crippen molar-refractivity contribution in [3.05, 3.63) is 23.4 Å². The predicted molar refractivity (Wildman–Crippen MR) is 55.2 cm³/mol. The SMILES string of the molecule is Cc1cnc(N)c(C(O)COCC(F)(F)F)c1. The van der Waals surface area contributed by atoms with Gasteiger partial charge in [-0.1, -0.05) is 0 Å². The summed E-state index contributed by atoms with van der Waals surface area (Å²) in [5.74, 6) is 0.0821. The number of hydrogen-bond acceptors (Lipinski definition) is 4. The molecule has 1 aromatic heterocycles. The van der Waals surface area contributed by atoms with E-state index < -0.39 is 25.5 Å². The molecule has 1 rings (SSSR count). The molecule has 0 aliphatic rings. The summed E-state index contributed by atoms with van der Waals surface area (Å²) < 4.78 is 39.8. The smallest absolute Gasteiger partial charge is 0.386 e. The minimum Gasteiger partial charge on any atom is -0.386 e. The highest BCUT2D eigenvalue weighted by Crippen LogP contribution is 2.21. The summed E-state index contributed by atoms with van der Waals surface area (Å²) in [6, 6.07) is 1.56. The quantitative estimate of drug-likeness (QED) is 0.851. The molecular formula is C10H13F3N2O2. The van der Waals surface area contributed by atoms with Crippen molar-refractivity contribution in [1.82, 2.24) is 4.98 Å². The Labute approximate surface area is 96.2 Å². The van der Waals surface area contributed by atoms with Crippen molar-refractivity contribution in [2.45, 2.75) is 19.2 Å². The number of nitrogen functional groups attached to an aromatic ring is 1. The van der Waals surface area contributed by atoms with E-state index in [0.29, 0.717) is 0 Å². The molecule has 7 heteroatoms. The first kappa shape index (κ1) is 13.7. The first-order chi connectivity index (χ1) is 7.79. The van der Waals surface area contributed by atoms with Gasteiger partial charge in [0.1, 0.15) is 18.5 Å². The summed E-state index contributed by atoms with van der Waals surface area (Å²) in [6.07, 6.45) is -4.12. The molecule has 0 radical (unpaired) electrons. The van der Waals surface area contributed by atoms with Crippen molar-refractivity contribution < 1.29 is 23.0 Å². The lowest BCUT2D eigenvalue weighted by Gasteiger charge is -2.14. The molecule has 4 nitrogen and oxygen atoms in total. The number of halogens is 3. The highest BCUT2D eigenvalue weighted by Gasteiger charge is 2.28.